The van der Waals surface area contributed by atoms with Gasteiger partial charge >= 0.3 is 59.1 Å². The fourth-order valence-corrected chi connectivity index (χ4v) is 0.544. The minimum Gasteiger partial charge on any atom is -0.545 e. The molecule has 0 atom stereocenters. The Hall–Kier alpha value is 0.160. The molecule has 0 bridgehead atoms. The number of unbranched alkanes of at least 4 members (excludes halogenated alkanes) is 2. The van der Waals surface area contributed by atoms with Crippen LogP contribution < -0.4 is 69.3 Å². The summed E-state index contributed by atoms with van der Waals surface area (Å²) in [5, 5.41) is 18.8. The molecule has 0 radical (unpaired) electrons. The van der Waals surface area contributed by atoms with E-state index in [1.54, 1.807) is 0 Å². The van der Waals surface area contributed by atoms with Crippen LogP contribution in [0.25, 0.3) is 0 Å². The zero-order chi connectivity index (χ0) is 14.8. The van der Waals surface area contributed by atoms with Gasteiger partial charge in [-0.25, -0.2) is 0 Å². The van der Waals surface area contributed by atoms with E-state index in [0.717, 1.165) is 12.8 Å². The molecule has 0 saturated heterocycles. The molecule has 0 amide bonds. The summed E-state index contributed by atoms with van der Waals surface area (Å²) in [4.78, 5) is 18.8. The van der Waals surface area contributed by atoms with Gasteiger partial charge in [-0.2, -0.15) is 0 Å². The van der Waals surface area contributed by atoms with Crippen molar-refractivity contribution in [2.45, 2.75) is 39.5 Å². The second-order valence-corrected chi connectivity index (χ2v) is 3.13. The van der Waals surface area contributed by atoms with Crippen molar-refractivity contribution in [2.75, 3.05) is 0 Å². The van der Waals surface area contributed by atoms with Crippen LogP contribution in [0.15, 0.2) is 37.5 Å². The summed E-state index contributed by atoms with van der Waals surface area (Å²) >= 11 is 0. The molecule has 0 aliphatic heterocycles. The zero-order valence-electron chi connectivity index (χ0n) is 13.2. The van der Waals surface area contributed by atoms with Crippen LogP contribution in [0.5, 0.6) is 0 Å². The average molecular weight is 300 g/mol. The van der Waals surface area contributed by atoms with E-state index in [-0.39, 0.29) is 59.1 Å². The summed E-state index contributed by atoms with van der Waals surface area (Å²) in [7, 11) is 0. The van der Waals surface area contributed by atoms with Crippen molar-refractivity contribution in [1.82, 2.24) is 0 Å². The van der Waals surface area contributed by atoms with E-state index < -0.39 is 11.9 Å². The van der Waals surface area contributed by atoms with Crippen molar-refractivity contribution < 1.29 is 78.9 Å². The van der Waals surface area contributed by atoms with Crippen LogP contribution in [-0.2, 0) is 9.59 Å². The number of rotatable bonds is 6. The van der Waals surface area contributed by atoms with Crippen LogP contribution in [0.3, 0.4) is 0 Å². The first-order chi connectivity index (χ1) is 8.45. The summed E-state index contributed by atoms with van der Waals surface area (Å²) in [6.45, 7) is 11.4. The number of carboxylic acids is 2. The molecule has 0 aromatic carbocycles. The molecule has 0 fully saturated rings. The van der Waals surface area contributed by atoms with Crippen LogP contribution in [0.1, 0.15) is 39.5 Å². The molecule has 0 saturated carbocycles. The number of carboxylic acid groups (broad SMARTS) is 2. The number of hydrogen-bond donors (Lipinski definition) is 0. The normalized spacial score (nSPS) is 7.50. The summed E-state index contributed by atoms with van der Waals surface area (Å²) in [6, 6.07) is 0. The summed E-state index contributed by atoms with van der Waals surface area (Å²) in [5.41, 5.74) is 0. The smallest absolute Gasteiger partial charge is 0.545 e. The van der Waals surface area contributed by atoms with Crippen molar-refractivity contribution >= 4 is 11.9 Å². The molecule has 0 heterocycles. The Labute approximate surface area is 166 Å². The summed E-state index contributed by atoms with van der Waals surface area (Å²) in [6.07, 6.45) is 9.39. The van der Waals surface area contributed by atoms with Crippen LogP contribution >= 0.6 is 0 Å². The number of aliphatic carboxylic acids is 2. The third-order valence-corrected chi connectivity index (χ3v) is 1.34. The Morgan fingerprint density at radius 1 is 0.850 bits per heavy atom. The van der Waals surface area contributed by atoms with Gasteiger partial charge < -0.3 is 19.8 Å². The van der Waals surface area contributed by atoms with Crippen LogP contribution in [0.2, 0.25) is 0 Å². The predicted octanol–water partition coefficient (Wildman–Crippen LogP) is -5.00. The molecule has 0 spiro atoms. The Kier molecular flexibility index (Phi) is 50.7. The van der Waals surface area contributed by atoms with Crippen molar-refractivity contribution in [3.63, 3.8) is 0 Å². The standard InChI is InChI=1S/2C5H10.C4H4O4.2Na/c2*1-3-5-4-2;5-3(6)1-2-4(7)8;;/h2*3H,1,4-5H2,2H3;1-2H,(H,5,6)(H,7,8);;/q;;;2*+1/p-2/b;;2-1-;;. The van der Waals surface area contributed by atoms with Gasteiger partial charge in [0.25, 0.3) is 0 Å². The summed E-state index contributed by atoms with van der Waals surface area (Å²) < 4.78 is 0. The molecule has 0 unspecified atom stereocenters. The van der Waals surface area contributed by atoms with E-state index in [1.165, 1.54) is 12.8 Å². The van der Waals surface area contributed by atoms with Crippen molar-refractivity contribution in [2.24, 2.45) is 0 Å². The molecule has 20 heavy (non-hydrogen) atoms. The number of allylic oxidation sites excluding steroid dienone is 2. The molecular weight excluding hydrogens is 278 g/mol. The number of hydrogen-bond acceptors (Lipinski definition) is 4. The molecule has 104 valence electrons. The van der Waals surface area contributed by atoms with Crippen molar-refractivity contribution in [3.05, 3.63) is 37.5 Å². The monoisotopic (exact) mass is 300 g/mol. The Bertz CT molecular complexity index is 238. The fraction of sp³-hybridized carbons (Fsp3) is 0.429. The van der Waals surface area contributed by atoms with Gasteiger partial charge in [-0.1, -0.05) is 38.8 Å². The third kappa shape index (κ3) is 63.7. The molecule has 6 heteroatoms. The topological polar surface area (TPSA) is 80.3 Å². The van der Waals surface area contributed by atoms with E-state index >= 15 is 0 Å². The van der Waals surface area contributed by atoms with E-state index in [0.29, 0.717) is 12.2 Å². The number of carbonyl (C=O) groups is 2. The maximum Gasteiger partial charge on any atom is 1.00 e. The van der Waals surface area contributed by atoms with E-state index in [4.69, 9.17) is 0 Å². The largest absolute Gasteiger partial charge is 1.00 e. The van der Waals surface area contributed by atoms with Crippen molar-refractivity contribution in [3.8, 4) is 0 Å². The van der Waals surface area contributed by atoms with E-state index in [1.807, 2.05) is 12.2 Å². The van der Waals surface area contributed by atoms with Gasteiger partial charge in [-0.15, -0.1) is 13.2 Å². The molecular formula is C14H22Na2O4. The quantitative estimate of drug-likeness (QED) is 0.279. The molecule has 4 nitrogen and oxygen atoms in total. The first kappa shape index (κ1) is 32.2. The number of carbonyl (C=O) groups excluding carboxylic acids is 2. The third-order valence-electron chi connectivity index (χ3n) is 1.34. The molecule has 0 aromatic heterocycles. The van der Waals surface area contributed by atoms with Crippen LogP contribution in [-0.4, -0.2) is 11.9 Å². The van der Waals surface area contributed by atoms with Gasteiger partial charge in [0, 0.05) is 0 Å². The first-order valence-corrected chi connectivity index (χ1v) is 5.77. The molecule has 0 aliphatic rings. The van der Waals surface area contributed by atoms with Crippen LogP contribution in [0, 0.1) is 0 Å². The Balaban J connectivity index is -0.0000000558. The van der Waals surface area contributed by atoms with Crippen molar-refractivity contribution in [1.29, 1.82) is 0 Å². The van der Waals surface area contributed by atoms with Gasteiger partial charge in [0.05, 0.1) is 11.9 Å². The van der Waals surface area contributed by atoms with Gasteiger partial charge in [-0.3, -0.25) is 0 Å². The van der Waals surface area contributed by atoms with Gasteiger partial charge in [0.15, 0.2) is 0 Å². The molecule has 0 aliphatic carbocycles. The van der Waals surface area contributed by atoms with E-state index in [2.05, 4.69) is 27.0 Å². The molecule has 0 rings (SSSR count). The second-order valence-electron chi connectivity index (χ2n) is 3.13. The van der Waals surface area contributed by atoms with Gasteiger partial charge in [0.2, 0.25) is 0 Å². The minimum atomic E-state index is -1.55. The first-order valence-electron chi connectivity index (χ1n) is 5.77. The maximum absolute atomic E-state index is 9.41. The SMILES string of the molecule is C=CCCC.C=CCCC.O=C([O-])/C=C\C(=O)[O-].[Na+].[Na+]. The average Bonchev–Trinajstić information content (AvgIpc) is 2.30. The Morgan fingerprint density at radius 2 is 1.10 bits per heavy atom. The summed E-state index contributed by atoms with van der Waals surface area (Å²) in [5.74, 6) is -3.09. The van der Waals surface area contributed by atoms with Crippen LogP contribution in [0.4, 0.5) is 0 Å². The van der Waals surface area contributed by atoms with E-state index in [9.17, 15) is 19.8 Å². The van der Waals surface area contributed by atoms with Gasteiger partial charge in [-0.05, 0) is 25.0 Å². The zero-order valence-corrected chi connectivity index (χ0v) is 17.2. The Morgan fingerprint density at radius 3 is 1.15 bits per heavy atom. The molecule has 0 aromatic rings. The minimum absolute atomic E-state index is 0. The predicted molar refractivity (Wildman–Crippen MR) is 69.4 cm³/mol. The second kappa shape index (κ2) is 31.5. The fourth-order valence-electron chi connectivity index (χ4n) is 0.544. The van der Waals surface area contributed by atoms with Gasteiger partial charge in [0.1, 0.15) is 0 Å². The maximum atomic E-state index is 9.41. The molecule has 0 N–H and O–H groups in total.